The van der Waals surface area contributed by atoms with E-state index in [1.54, 1.807) is 23.1 Å². The molecule has 0 saturated heterocycles. The summed E-state index contributed by atoms with van der Waals surface area (Å²) in [6, 6.07) is 21.7. The number of nitrogens with zero attached hydrogens (tertiary/aromatic N) is 1. The van der Waals surface area contributed by atoms with Gasteiger partial charge in [0.15, 0.2) is 6.61 Å². The van der Waals surface area contributed by atoms with E-state index in [2.05, 4.69) is 5.32 Å². The molecule has 0 aromatic heterocycles. The number of hydrogen-bond donors (Lipinski definition) is 1. The molecule has 36 heavy (non-hydrogen) atoms. The third kappa shape index (κ3) is 8.00. The van der Waals surface area contributed by atoms with Crippen molar-refractivity contribution >= 4 is 35.0 Å². The zero-order valence-electron chi connectivity index (χ0n) is 20.8. The Morgan fingerprint density at radius 2 is 1.67 bits per heavy atom. The van der Waals surface area contributed by atoms with E-state index in [0.717, 1.165) is 23.1 Å². The number of nitrogens with one attached hydrogen (secondary N) is 1. The van der Waals surface area contributed by atoms with Gasteiger partial charge in [-0.25, -0.2) is 0 Å². The molecule has 2 amide bonds. The molecule has 190 valence electrons. The molecule has 1 N–H and O–H groups in total. The van der Waals surface area contributed by atoms with Crippen LogP contribution in [0.5, 0.6) is 5.75 Å². The maximum absolute atomic E-state index is 13.6. The van der Waals surface area contributed by atoms with E-state index >= 15 is 0 Å². The fraction of sp³-hybridized carbons (Fsp3) is 0.310. The van der Waals surface area contributed by atoms with Crippen LogP contribution in [-0.2, 0) is 22.6 Å². The minimum Gasteiger partial charge on any atom is -0.482 e. The van der Waals surface area contributed by atoms with Gasteiger partial charge in [0.25, 0.3) is 5.91 Å². The zero-order chi connectivity index (χ0) is 26.1. The van der Waals surface area contributed by atoms with Crippen molar-refractivity contribution in [1.82, 2.24) is 10.2 Å². The molecule has 0 heterocycles. The Bertz CT molecular complexity index is 1150. The molecule has 0 aliphatic rings. The predicted molar refractivity (Wildman–Crippen MR) is 146 cm³/mol. The highest BCUT2D eigenvalue weighted by molar-refractivity contribution is 6.35. The number of halogens is 2. The van der Waals surface area contributed by atoms with E-state index in [9.17, 15) is 9.59 Å². The van der Waals surface area contributed by atoms with Crippen LogP contribution in [0.3, 0.4) is 0 Å². The highest BCUT2D eigenvalue weighted by Gasteiger charge is 2.31. The van der Waals surface area contributed by atoms with Crippen LogP contribution < -0.4 is 10.1 Å². The topological polar surface area (TPSA) is 58.6 Å². The summed E-state index contributed by atoms with van der Waals surface area (Å²) < 4.78 is 5.76. The standard InChI is InChI=1S/C29H32Cl2N2O3/c1-4-21(3)32-29(35)26(16-22-8-6-5-7-9-22)33(18-23-12-10-20(2)11-13-23)28(34)19-36-27-15-14-24(30)17-25(27)31/h5-15,17,21,26H,4,16,18-19H2,1-3H3,(H,32,35)/t21-,26+/m1/s1. The van der Waals surface area contributed by atoms with Crippen molar-refractivity contribution in [3.8, 4) is 5.75 Å². The Morgan fingerprint density at radius 1 is 0.972 bits per heavy atom. The highest BCUT2D eigenvalue weighted by Crippen LogP contribution is 2.27. The molecule has 3 aromatic carbocycles. The number of benzene rings is 3. The predicted octanol–water partition coefficient (Wildman–Crippen LogP) is 6.24. The SMILES string of the molecule is CC[C@@H](C)NC(=O)[C@H](Cc1ccccc1)N(Cc1ccc(C)cc1)C(=O)COc1ccc(Cl)cc1Cl. The smallest absolute Gasteiger partial charge is 0.261 e. The highest BCUT2D eigenvalue weighted by atomic mass is 35.5. The first-order valence-electron chi connectivity index (χ1n) is 12.0. The third-order valence-corrected chi connectivity index (χ3v) is 6.52. The first-order valence-corrected chi connectivity index (χ1v) is 12.8. The summed E-state index contributed by atoms with van der Waals surface area (Å²) in [5.41, 5.74) is 3.01. The summed E-state index contributed by atoms with van der Waals surface area (Å²) in [7, 11) is 0. The fourth-order valence-corrected chi connectivity index (χ4v) is 4.16. The van der Waals surface area contributed by atoms with Gasteiger partial charge in [-0.05, 0) is 49.6 Å². The second-order valence-corrected chi connectivity index (χ2v) is 9.74. The summed E-state index contributed by atoms with van der Waals surface area (Å²) in [4.78, 5) is 28.7. The van der Waals surface area contributed by atoms with Crippen LogP contribution in [-0.4, -0.2) is 35.4 Å². The lowest BCUT2D eigenvalue weighted by molar-refractivity contribution is -0.143. The third-order valence-electron chi connectivity index (χ3n) is 5.99. The second kappa shape index (κ2) is 13.3. The van der Waals surface area contributed by atoms with Crippen LogP contribution in [0.15, 0.2) is 72.8 Å². The fourth-order valence-electron chi connectivity index (χ4n) is 3.70. The second-order valence-electron chi connectivity index (χ2n) is 8.89. The maximum Gasteiger partial charge on any atom is 0.261 e. The Labute approximate surface area is 223 Å². The molecule has 2 atom stereocenters. The molecular formula is C29H32Cl2N2O3. The first-order chi connectivity index (χ1) is 17.3. The van der Waals surface area contributed by atoms with Gasteiger partial charge in [-0.1, -0.05) is 90.3 Å². The Balaban J connectivity index is 1.91. The number of amides is 2. The Morgan fingerprint density at radius 3 is 2.31 bits per heavy atom. The van der Waals surface area contributed by atoms with Gasteiger partial charge in [-0.3, -0.25) is 9.59 Å². The van der Waals surface area contributed by atoms with Crippen molar-refractivity contribution < 1.29 is 14.3 Å². The first kappa shape index (κ1) is 27.6. The molecule has 3 aromatic rings. The van der Waals surface area contributed by atoms with E-state index in [-0.39, 0.29) is 31.0 Å². The van der Waals surface area contributed by atoms with E-state index in [1.165, 1.54) is 0 Å². The molecule has 0 aliphatic carbocycles. The monoisotopic (exact) mass is 526 g/mol. The summed E-state index contributed by atoms with van der Waals surface area (Å²) in [5, 5.41) is 3.85. The van der Waals surface area contributed by atoms with Gasteiger partial charge in [0, 0.05) is 24.0 Å². The average Bonchev–Trinajstić information content (AvgIpc) is 2.87. The van der Waals surface area contributed by atoms with Gasteiger partial charge in [0.1, 0.15) is 11.8 Å². The molecule has 0 spiro atoms. The molecule has 0 bridgehead atoms. The van der Waals surface area contributed by atoms with E-state index < -0.39 is 6.04 Å². The number of carbonyl (C=O) groups excluding carboxylic acids is 2. The number of aryl methyl sites for hydroxylation is 1. The van der Waals surface area contributed by atoms with Gasteiger partial charge >= 0.3 is 0 Å². The van der Waals surface area contributed by atoms with Crippen molar-refractivity contribution in [3.63, 3.8) is 0 Å². The normalized spacial score (nSPS) is 12.5. The molecule has 0 saturated carbocycles. The van der Waals surface area contributed by atoms with Crippen molar-refractivity contribution in [2.45, 2.75) is 52.2 Å². The Hall–Kier alpha value is -3.02. The Kier molecular flexibility index (Phi) is 10.2. The molecular weight excluding hydrogens is 495 g/mol. The average molecular weight is 527 g/mol. The lowest BCUT2D eigenvalue weighted by Gasteiger charge is -2.32. The van der Waals surface area contributed by atoms with Crippen molar-refractivity contribution in [3.05, 3.63) is 99.5 Å². The minimum absolute atomic E-state index is 0.0174. The number of ether oxygens (including phenoxy) is 1. The lowest BCUT2D eigenvalue weighted by Crippen LogP contribution is -2.53. The van der Waals surface area contributed by atoms with E-state index in [4.69, 9.17) is 27.9 Å². The van der Waals surface area contributed by atoms with E-state index in [1.807, 2.05) is 75.4 Å². The van der Waals surface area contributed by atoms with Gasteiger partial charge < -0.3 is 15.0 Å². The van der Waals surface area contributed by atoms with Crippen molar-refractivity contribution in [2.24, 2.45) is 0 Å². The summed E-state index contributed by atoms with van der Waals surface area (Å²) in [6.07, 6.45) is 1.16. The zero-order valence-corrected chi connectivity index (χ0v) is 22.4. The molecule has 0 unspecified atom stereocenters. The summed E-state index contributed by atoms with van der Waals surface area (Å²) in [5.74, 6) is -0.159. The molecule has 3 rings (SSSR count). The quantitative estimate of drug-likeness (QED) is 0.322. The molecule has 0 aliphatic heterocycles. The van der Waals surface area contributed by atoms with Crippen LogP contribution in [0.1, 0.15) is 37.0 Å². The van der Waals surface area contributed by atoms with Crippen LogP contribution in [0.2, 0.25) is 10.0 Å². The van der Waals surface area contributed by atoms with Crippen molar-refractivity contribution in [2.75, 3.05) is 6.61 Å². The van der Waals surface area contributed by atoms with Gasteiger partial charge in [0.05, 0.1) is 5.02 Å². The number of carbonyl (C=O) groups is 2. The van der Waals surface area contributed by atoms with Crippen LogP contribution in [0.4, 0.5) is 0 Å². The van der Waals surface area contributed by atoms with Crippen LogP contribution in [0.25, 0.3) is 0 Å². The molecule has 0 fully saturated rings. The summed E-state index contributed by atoms with van der Waals surface area (Å²) in [6.45, 7) is 5.97. The molecule has 5 nitrogen and oxygen atoms in total. The number of rotatable bonds is 11. The van der Waals surface area contributed by atoms with Crippen LogP contribution >= 0.6 is 23.2 Å². The number of hydrogen-bond acceptors (Lipinski definition) is 3. The lowest BCUT2D eigenvalue weighted by atomic mass is 10.0. The van der Waals surface area contributed by atoms with E-state index in [0.29, 0.717) is 22.2 Å². The minimum atomic E-state index is -0.723. The van der Waals surface area contributed by atoms with Gasteiger partial charge in [0.2, 0.25) is 5.91 Å². The van der Waals surface area contributed by atoms with Gasteiger partial charge in [-0.15, -0.1) is 0 Å². The largest absolute Gasteiger partial charge is 0.482 e. The van der Waals surface area contributed by atoms with Crippen molar-refractivity contribution in [1.29, 1.82) is 0 Å². The summed E-state index contributed by atoms with van der Waals surface area (Å²) >= 11 is 12.2. The van der Waals surface area contributed by atoms with Crippen LogP contribution in [0, 0.1) is 6.92 Å². The maximum atomic E-state index is 13.6. The molecule has 0 radical (unpaired) electrons. The molecule has 7 heteroatoms. The van der Waals surface area contributed by atoms with Gasteiger partial charge in [-0.2, -0.15) is 0 Å².